The predicted molar refractivity (Wildman–Crippen MR) is 87.6 cm³/mol. The summed E-state index contributed by atoms with van der Waals surface area (Å²) in [4.78, 5) is 0. The summed E-state index contributed by atoms with van der Waals surface area (Å²) in [7, 11) is 1.63. The number of nitrogens with one attached hydrogen (secondary N) is 1. The second kappa shape index (κ2) is 7.25. The Hall–Kier alpha value is -1.10. The molecule has 2 aromatic rings. The lowest BCUT2D eigenvalue weighted by Gasteiger charge is -2.22. The van der Waals surface area contributed by atoms with E-state index in [1.54, 1.807) is 19.2 Å². The zero-order valence-corrected chi connectivity index (χ0v) is 14.1. The molecule has 0 saturated carbocycles. The van der Waals surface area contributed by atoms with Gasteiger partial charge in [0.15, 0.2) is 0 Å². The Morgan fingerprint density at radius 3 is 2.67 bits per heavy atom. The van der Waals surface area contributed by atoms with E-state index in [-0.39, 0.29) is 11.1 Å². The van der Waals surface area contributed by atoms with E-state index < -0.39 is 5.82 Å². The van der Waals surface area contributed by atoms with Crippen molar-refractivity contribution in [2.45, 2.75) is 13.0 Å². The molecular formula is C16H16BrClFNO. The van der Waals surface area contributed by atoms with Crippen LogP contribution in [0.5, 0.6) is 5.75 Å². The van der Waals surface area contributed by atoms with Gasteiger partial charge in [-0.1, -0.05) is 40.5 Å². The summed E-state index contributed by atoms with van der Waals surface area (Å²) >= 11 is 9.38. The Morgan fingerprint density at radius 1 is 1.29 bits per heavy atom. The van der Waals surface area contributed by atoms with Crippen LogP contribution in [0.15, 0.2) is 40.9 Å². The predicted octanol–water partition coefficient (Wildman–Crippen LogP) is 4.95. The molecule has 0 saturated heterocycles. The number of benzene rings is 2. The second-order valence-corrected chi connectivity index (χ2v) is 5.87. The second-order valence-electron chi connectivity index (χ2n) is 4.55. The molecule has 0 aliphatic carbocycles. The highest BCUT2D eigenvalue weighted by Gasteiger charge is 2.19. The van der Waals surface area contributed by atoms with Gasteiger partial charge in [0.25, 0.3) is 0 Å². The van der Waals surface area contributed by atoms with Gasteiger partial charge in [0.1, 0.15) is 11.6 Å². The van der Waals surface area contributed by atoms with Crippen LogP contribution < -0.4 is 10.1 Å². The molecule has 112 valence electrons. The Bertz CT molecular complexity index is 636. The molecule has 2 rings (SSSR count). The molecule has 2 nitrogen and oxygen atoms in total. The average molecular weight is 373 g/mol. The van der Waals surface area contributed by atoms with Crippen molar-refractivity contribution in [3.05, 3.63) is 62.8 Å². The topological polar surface area (TPSA) is 21.3 Å². The van der Waals surface area contributed by atoms with Gasteiger partial charge in [0.2, 0.25) is 0 Å². The Morgan fingerprint density at radius 2 is 2.05 bits per heavy atom. The van der Waals surface area contributed by atoms with Gasteiger partial charge in [-0.25, -0.2) is 4.39 Å². The first-order valence-corrected chi connectivity index (χ1v) is 7.75. The van der Waals surface area contributed by atoms with Gasteiger partial charge in [-0.2, -0.15) is 0 Å². The molecule has 1 unspecified atom stereocenters. The molecule has 0 aliphatic heterocycles. The van der Waals surface area contributed by atoms with E-state index >= 15 is 0 Å². The molecule has 0 aromatic heterocycles. The van der Waals surface area contributed by atoms with E-state index in [1.807, 2.05) is 25.1 Å². The fourth-order valence-electron chi connectivity index (χ4n) is 2.23. The lowest BCUT2D eigenvalue weighted by Crippen LogP contribution is -2.22. The van der Waals surface area contributed by atoms with Crippen molar-refractivity contribution in [3.8, 4) is 5.75 Å². The van der Waals surface area contributed by atoms with Crippen molar-refractivity contribution in [3.63, 3.8) is 0 Å². The van der Waals surface area contributed by atoms with Crippen LogP contribution in [-0.4, -0.2) is 13.7 Å². The fraction of sp³-hybridized carbons (Fsp3) is 0.250. The SMILES string of the molecule is CCNC(c1ccc(F)c(Cl)c1)c1cc(Br)ccc1OC. The zero-order chi connectivity index (χ0) is 15.4. The number of halogens is 3. The molecule has 0 radical (unpaired) electrons. The van der Waals surface area contributed by atoms with Crippen LogP contribution in [-0.2, 0) is 0 Å². The van der Waals surface area contributed by atoms with Crippen molar-refractivity contribution < 1.29 is 9.13 Å². The minimum atomic E-state index is -0.420. The van der Waals surface area contributed by atoms with E-state index in [9.17, 15) is 4.39 Å². The van der Waals surface area contributed by atoms with Gasteiger partial charge in [-0.3, -0.25) is 0 Å². The molecule has 5 heteroatoms. The van der Waals surface area contributed by atoms with E-state index in [2.05, 4.69) is 21.2 Å². The highest BCUT2D eigenvalue weighted by molar-refractivity contribution is 9.10. The van der Waals surface area contributed by atoms with Crippen LogP contribution in [0.25, 0.3) is 0 Å². The summed E-state index contributed by atoms with van der Waals surface area (Å²) in [5, 5.41) is 3.50. The number of rotatable bonds is 5. The minimum Gasteiger partial charge on any atom is -0.496 e. The molecule has 1 N–H and O–H groups in total. The minimum absolute atomic E-state index is 0.115. The third-order valence-corrected chi connectivity index (χ3v) is 3.97. The number of methoxy groups -OCH3 is 1. The molecule has 0 fully saturated rings. The first-order valence-electron chi connectivity index (χ1n) is 6.58. The van der Waals surface area contributed by atoms with Gasteiger partial charge in [0.05, 0.1) is 18.2 Å². The molecule has 1 atom stereocenters. The summed E-state index contributed by atoms with van der Waals surface area (Å²) in [6.07, 6.45) is 0. The summed E-state index contributed by atoms with van der Waals surface area (Å²) in [5.74, 6) is 0.349. The van der Waals surface area contributed by atoms with Gasteiger partial charge in [-0.15, -0.1) is 0 Å². The van der Waals surface area contributed by atoms with E-state index in [1.165, 1.54) is 6.07 Å². The first-order chi connectivity index (χ1) is 10.1. The van der Waals surface area contributed by atoms with E-state index in [0.717, 1.165) is 27.9 Å². The number of ether oxygens (including phenoxy) is 1. The molecule has 21 heavy (non-hydrogen) atoms. The van der Waals surface area contributed by atoms with Gasteiger partial charge < -0.3 is 10.1 Å². The van der Waals surface area contributed by atoms with Crippen molar-refractivity contribution in [2.75, 3.05) is 13.7 Å². The Balaban J connectivity index is 2.52. The number of hydrogen-bond donors (Lipinski definition) is 1. The van der Waals surface area contributed by atoms with Crippen molar-refractivity contribution in [2.24, 2.45) is 0 Å². The highest BCUT2D eigenvalue weighted by atomic mass is 79.9. The summed E-state index contributed by atoms with van der Waals surface area (Å²) in [5.41, 5.74) is 1.86. The fourth-order valence-corrected chi connectivity index (χ4v) is 2.80. The summed E-state index contributed by atoms with van der Waals surface area (Å²) in [6, 6.07) is 10.4. The van der Waals surface area contributed by atoms with Crippen LogP contribution >= 0.6 is 27.5 Å². The molecule has 0 amide bonds. The monoisotopic (exact) mass is 371 g/mol. The Labute approximate surface area is 137 Å². The molecule has 2 aromatic carbocycles. The lowest BCUT2D eigenvalue weighted by molar-refractivity contribution is 0.404. The van der Waals surface area contributed by atoms with Gasteiger partial charge >= 0.3 is 0 Å². The van der Waals surface area contributed by atoms with Gasteiger partial charge in [0, 0.05) is 10.0 Å². The molecule has 0 heterocycles. The maximum atomic E-state index is 13.4. The van der Waals surface area contributed by atoms with Crippen LogP contribution in [0.3, 0.4) is 0 Å². The van der Waals surface area contributed by atoms with E-state index in [0.29, 0.717) is 0 Å². The van der Waals surface area contributed by atoms with Gasteiger partial charge in [-0.05, 0) is 42.4 Å². The van der Waals surface area contributed by atoms with Crippen LogP contribution in [0.1, 0.15) is 24.1 Å². The van der Waals surface area contributed by atoms with Crippen molar-refractivity contribution in [1.29, 1.82) is 0 Å². The van der Waals surface area contributed by atoms with Crippen LogP contribution in [0.4, 0.5) is 4.39 Å². The maximum Gasteiger partial charge on any atom is 0.141 e. The smallest absolute Gasteiger partial charge is 0.141 e. The normalized spacial score (nSPS) is 12.2. The Kier molecular flexibility index (Phi) is 5.62. The maximum absolute atomic E-state index is 13.4. The average Bonchev–Trinajstić information content (AvgIpc) is 2.48. The quantitative estimate of drug-likeness (QED) is 0.802. The van der Waals surface area contributed by atoms with Crippen LogP contribution in [0, 0.1) is 5.82 Å². The first kappa shape index (κ1) is 16.3. The van der Waals surface area contributed by atoms with E-state index in [4.69, 9.17) is 16.3 Å². The third-order valence-electron chi connectivity index (χ3n) is 3.19. The molecule has 0 bridgehead atoms. The molecular weight excluding hydrogens is 357 g/mol. The highest BCUT2D eigenvalue weighted by Crippen LogP contribution is 2.33. The van der Waals surface area contributed by atoms with Crippen LogP contribution in [0.2, 0.25) is 5.02 Å². The molecule has 0 aliphatic rings. The largest absolute Gasteiger partial charge is 0.496 e. The van der Waals surface area contributed by atoms with Crippen molar-refractivity contribution >= 4 is 27.5 Å². The van der Waals surface area contributed by atoms with Crippen molar-refractivity contribution in [1.82, 2.24) is 5.32 Å². The summed E-state index contributed by atoms with van der Waals surface area (Å²) in [6.45, 7) is 2.78. The lowest BCUT2D eigenvalue weighted by atomic mass is 9.97. The molecule has 0 spiro atoms. The standard InChI is InChI=1S/C16H16BrClFNO/c1-3-20-16(10-4-6-14(19)13(18)8-10)12-9-11(17)5-7-15(12)21-2/h4-9,16,20H,3H2,1-2H3. The zero-order valence-electron chi connectivity index (χ0n) is 11.8. The number of hydrogen-bond acceptors (Lipinski definition) is 2. The summed E-state index contributed by atoms with van der Waals surface area (Å²) < 4.78 is 19.8. The third kappa shape index (κ3) is 3.76.